The van der Waals surface area contributed by atoms with Crippen LogP contribution in [-0.2, 0) is 18.3 Å². The highest BCUT2D eigenvalue weighted by atomic mass is 16.4. The summed E-state index contributed by atoms with van der Waals surface area (Å²) in [4.78, 5) is 25.3. The number of aromatic nitrogens is 3. The van der Waals surface area contributed by atoms with Crippen molar-refractivity contribution in [1.29, 1.82) is 0 Å². The zero-order chi connectivity index (χ0) is 11.7. The van der Waals surface area contributed by atoms with Gasteiger partial charge in [0, 0.05) is 13.2 Å². The van der Waals surface area contributed by atoms with E-state index in [0.29, 0.717) is 11.4 Å². The first-order valence-electron chi connectivity index (χ1n) is 4.73. The number of aryl methyl sites for hydroxylation is 1. The molecule has 0 spiro atoms. The molecule has 0 radical (unpaired) electrons. The Balaban J connectivity index is 2.57. The lowest BCUT2D eigenvalue weighted by atomic mass is 10.1. The Morgan fingerprint density at radius 2 is 2.31 bits per heavy atom. The van der Waals surface area contributed by atoms with E-state index in [4.69, 9.17) is 5.11 Å². The van der Waals surface area contributed by atoms with E-state index in [-0.39, 0.29) is 17.5 Å². The Morgan fingerprint density at radius 1 is 1.56 bits per heavy atom. The molecule has 0 saturated heterocycles. The molecule has 0 aliphatic rings. The number of nitrogens with zero attached hydrogens (tertiary/aromatic N) is 1. The monoisotopic (exact) mass is 221 g/mol. The maximum absolute atomic E-state index is 11.7. The fourth-order valence-electron chi connectivity index (χ4n) is 1.62. The van der Waals surface area contributed by atoms with Crippen molar-refractivity contribution in [2.45, 2.75) is 6.42 Å². The van der Waals surface area contributed by atoms with Gasteiger partial charge in [0.2, 0.25) is 0 Å². The summed E-state index contributed by atoms with van der Waals surface area (Å²) in [5.41, 5.74) is 1.18. The van der Waals surface area contributed by atoms with Gasteiger partial charge in [0.15, 0.2) is 0 Å². The summed E-state index contributed by atoms with van der Waals surface area (Å²) >= 11 is 0. The van der Waals surface area contributed by atoms with Crippen molar-refractivity contribution in [2.24, 2.45) is 7.05 Å². The van der Waals surface area contributed by atoms with Crippen LogP contribution in [-0.4, -0.2) is 25.8 Å². The number of carboxylic acids is 1. The lowest BCUT2D eigenvalue weighted by Gasteiger charge is -1.96. The number of rotatable bonds is 3. The van der Waals surface area contributed by atoms with Crippen LogP contribution in [0.2, 0.25) is 0 Å². The van der Waals surface area contributed by atoms with Crippen LogP contribution >= 0.6 is 0 Å². The molecule has 2 aromatic rings. The molecule has 2 aromatic heterocycles. The Hall–Kier alpha value is -2.24. The maximum Gasteiger partial charge on any atom is 0.308 e. The molecule has 0 aliphatic heterocycles. The van der Waals surface area contributed by atoms with Crippen LogP contribution in [0.5, 0.6) is 0 Å². The topological polar surface area (TPSA) is 90.9 Å². The minimum atomic E-state index is -1.02. The van der Waals surface area contributed by atoms with Gasteiger partial charge in [-0.05, 0) is 12.1 Å². The lowest BCUT2D eigenvalue weighted by molar-refractivity contribution is -0.136. The Kier molecular flexibility index (Phi) is 2.40. The summed E-state index contributed by atoms with van der Waals surface area (Å²) < 4.78 is 1.27. The number of aliphatic carboxylic acids is 1. The molecule has 0 fully saturated rings. The van der Waals surface area contributed by atoms with E-state index >= 15 is 0 Å². The minimum absolute atomic E-state index is 0.262. The van der Waals surface area contributed by atoms with Crippen molar-refractivity contribution in [3.05, 3.63) is 34.2 Å². The molecule has 16 heavy (non-hydrogen) atoms. The molecule has 0 saturated carbocycles. The molecule has 6 heteroatoms. The van der Waals surface area contributed by atoms with Gasteiger partial charge in [-0.3, -0.25) is 19.4 Å². The second-order valence-electron chi connectivity index (χ2n) is 3.48. The molecule has 0 aliphatic carbocycles. The number of carbonyl (C=O) groups is 1. The average Bonchev–Trinajstić information content (AvgIpc) is 2.81. The number of carboxylic acid groups (broad SMARTS) is 1. The van der Waals surface area contributed by atoms with Crippen LogP contribution in [0.15, 0.2) is 23.1 Å². The quantitative estimate of drug-likeness (QED) is 0.697. The predicted octanol–water partition coefficient (Wildman–Crippen LogP) is 0.336. The van der Waals surface area contributed by atoms with Crippen LogP contribution < -0.4 is 5.56 Å². The molecule has 0 amide bonds. The summed E-state index contributed by atoms with van der Waals surface area (Å²) in [5.74, 6) is -1.02. The largest absolute Gasteiger partial charge is 0.481 e. The van der Waals surface area contributed by atoms with Crippen LogP contribution in [0, 0.1) is 0 Å². The Morgan fingerprint density at radius 3 is 2.88 bits per heavy atom. The van der Waals surface area contributed by atoms with Gasteiger partial charge in [-0.2, -0.15) is 0 Å². The van der Waals surface area contributed by atoms with E-state index in [1.165, 1.54) is 4.68 Å². The third kappa shape index (κ3) is 1.65. The predicted molar refractivity (Wildman–Crippen MR) is 57.2 cm³/mol. The van der Waals surface area contributed by atoms with E-state index in [9.17, 15) is 9.59 Å². The van der Waals surface area contributed by atoms with E-state index in [2.05, 4.69) is 10.1 Å². The van der Waals surface area contributed by atoms with Gasteiger partial charge in [0.05, 0.1) is 23.4 Å². The summed E-state index contributed by atoms with van der Waals surface area (Å²) in [5, 5.41) is 11.6. The van der Waals surface area contributed by atoms with Crippen molar-refractivity contribution < 1.29 is 9.90 Å². The fourth-order valence-corrected chi connectivity index (χ4v) is 1.62. The molecule has 3 N–H and O–H groups in total. The summed E-state index contributed by atoms with van der Waals surface area (Å²) in [6, 6.07) is 3.56. The average molecular weight is 221 g/mol. The van der Waals surface area contributed by atoms with Gasteiger partial charge in [-0.15, -0.1) is 0 Å². The minimum Gasteiger partial charge on any atom is -0.481 e. The van der Waals surface area contributed by atoms with Crippen molar-refractivity contribution >= 4 is 5.97 Å². The fraction of sp³-hybridized carbons (Fsp3) is 0.200. The van der Waals surface area contributed by atoms with Crippen LogP contribution in [0.3, 0.4) is 0 Å². The van der Waals surface area contributed by atoms with Gasteiger partial charge in [-0.25, -0.2) is 0 Å². The number of nitrogens with one attached hydrogen (secondary N) is 2. The van der Waals surface area contributed by atoms with Crippen LogP contribution in [0.4, 0.5) is 0 Å². The van der Waals surface area contributed by atoms with E-state index in [1.54, 1.807) is 25.4 Å². The molecule has 84 valence electrons. The molecular formula is C10H11N3O3. The van der Waals surface area contributed by atoms with Crippen molar-refractivity contribution in [2.75, 3.05) is 0 Å². The highest BCUT2D eigenvalue weighted by Gasteiger charge is 2.17. The summed E-state index contributed by atoms with van der Waals surface area (Å²) in [6.45, 7) is 0. The van der Waals surface area contributed by atoms with Crippen LogP contribution in [0.1, 0.15) is 5.56 Å². The van der Waals surface area contributed by atoms with Gasteiger partial charge in [0.1, 0.15) is 0 Å². The third-order valence-electron chi connectivity index (χ3n) is 2.34. The lowest BCUT2D eigenvalue weighted by Crippen LogP contribution is -2.17. The maximum atomic E-state index is 11.7. The van der Waals surface area contributed by atoms with Crippen molar-refractivity contribution in [3.8, 4) is 11.4 Å². The standard InChI is InChI=1S/C10H11N3O3/c1-13-10(16)6(5-8(14)15)9(12-13)7-3-2-4-11-7/h2-4,11-12H,5H2,1H3,(H,14,15). The second kappa shape index (κ2) is 3.73. The highest BCUT2D eigenvalue weighted by Crippen LogP contribution is 2.17. The summed E-state index contributed by atoms with van der Waals surface area (Å²) in [7, 11) is 1.56. The Bertz CT molecular complexity index is 563. The first-order valence-corrected chi connectivity index (χ1v) is 4.73. The Labute approximate surface area is 90.5 Å². The molecule has 0 atom stereocenters. The zero-order valence-electron chi connectivity index (χ0n) is 8.65. The molecule has 2 rings (SSSR count). The molecular weight excluding hydrogens is 210 g/mol. The first kappa shape index (κ1) is 10.3. The highest BCUT2D eigenvalue weighted by molar-refractivity contribution is 5.73. The van der Waals surface area contributed by atoms with E-state index < -0.39 is 5.97 Å². The first-order chi connectivity index (χ1) is 7.59. The van der Waals surface area contributed by atoms with Crippen molar-refractivity contribution in [1.82, 2.24) is 14.8 Å². The van der Waals surface area contributed by atoms with Gasteiger partial charge >= 0.3 is 5.97 Å². The van der Waals surface area contributed by atoms with Gasteiger partial charge in [-0.1, -0.05) is 0 Å². The van der Waals surface area contributed by atoms with Crippen molar-refractivity contribution in [3.63, 3.8) is 0 Å². The number of hydrogen-bond acceptors (Lipinski definition) is 2. The van der Waals surface area contributed by atoms with E-state index in [0.717, 1.165) is 0 Å². The SMILES string of the molecule is Cn1[nH]c(-c2ccc[nH]2)c(CC(=O)O)c1=O. The zero-order valence-corrected chi connectivity index (χ0v) is 8.65. The van der Waals surface area contributed by atoms with E-state index in [1.807, 2.05) is 0 Å². The third-order valence-corrected chi connectivity index (χ3v) is 2.34. The molecule has 0 bridgehead atoms. The second-order valence-corrected chi connectivity index (χ2v) is 3.48. The number of aromatic amines is 2. The molecule has 0 unspecified atom stereocenters. The van der Waals surface area contributed by atoms with Gasteiger partial charge in [0.25, 0.3) is 5.56 Å². The van der Waals surface area contributed by atoms with Crippen LogP contribution in [0.25, 0.3) is 11.4 Å². The smallest absolute Gasteiger partial charge is 0.308 e. The van der Waals surface area contributed by atoms with Gasteiger partial charge < -0.3 is 10.1 Å². The number of H-pyrrole nitrogens is 2. The molecule has 2 heterocycles. The molecule has 6 nitrogen and oxygen atoms in total. The number of hydrogen-bond donors (Lipinski definition) is 3. The molecule has 0 aromatic carbocycles. The normalized spacial score (nSPS) is 10.6. The summed E-state index contributed by atoms with van der Waals surface area (Å²) in [6.07, 6.45) is 1.43.